The zero-order valence-corrected chi connectivity index (χ0v) is 17.6. The molecule has 0 fully saturated rings. The van der Waals surface area contributed by atoms with Crippen molar-refractivity contribution in [2.75, 3.05) is 6.54 Å². The lowest BCUT2D eigenvalue weighted by Crippen LogP contribution is -2.40. The van der Waals surface area contributed by atoms with Gasteiger partial charge < -0.3 is 4.90 Å². The van der Waals surface area contributed by atoms with Crippen LogP contribution in [-0.4, -0.2) is 42.1 Å². The van der Waals surface area contributed by atoms with Crippen LogP contribution >= 0.6 is 11.3 Å². The van der Waals surface area contributed by atoms with E-state index in [0.717, 1.165) is 27.3 Å². The summed E-state index contributed by atoms with van der Waals surface area (Å²) in [7, 11) is 1.86. The first kappa shape index (κ1) is 19.6. The van der Waals surface area contributed by atoms with E-state index in [2.05, 4.69) is 21.5 Å². The van der Waals surface area contributed by atoms with Gasteiger partial charge in [-0.15, -0.1) is 16.4 Å². The predicted molar refractivity (Wildman–Crippen MR) is 110 cm³/mol. The van der Waals surface area contributed by atoms with Gasteiger partial charge in [0.25, 0.3) is 5.91 Å². The summed E-state index contributed by atoms with van der Waals surface area (Å²) >= 11 is 1.61. The fraction of sp³-hybridized carbons (Fsp3) is 0.238. The quantitative estimate of drug-likeness (QED) is 0.487. The SMILES string of the molecule is CC1c2sccc2C(c2cnn(C)c2)CN1C(=O)c1cn(-c2ccc(F)cc2F)nn1. The predicted octanol–water partition coefficient (Wildman–Crippen LogP) is 3.69. The molecule has 5 rings (SSSR count). The molecule has 2 unspecified atom stereocenters. The number of carbonyl (C=O) groups excluding carboxylic acids is 1. The van der Waals surface area contributed by atoms with Crippen LogP contribution in [0.25, 0.3) is 5.69 Å². The summed E-state index contributed by atoms with van der Waals surface area (Å²) in [5.74, 6) is -1.77. The van der Waals surface area contributed by atoms with Gasteiger partial charge in [-0.1, -0.05) is 5.21 Å². The number of amides is 1. The van der Waals surface area contributed by atoms with E-state index in [1.165, 1.54) is 17.8 Å². The van der Waals surface area contributed by atoms with E-state index in [4.69, 9.17) is 0 Å². The minimum Gasteiger partial charge on any atom is -0.329 e. The van der Waals surface area contributed by atoms with Crippen molar-refractivity contribution in [3.63, 3.8) is 0 Å². The van der Waals surface area contributed by atoms with Gasteiger partial charge in [0.2, 0.25) is 0 Å². The number of halogens is 2. The number of nitrogens with zero attached hydrogens (tertiary/aromatic N) is 6. The number of rotatable bonds is 3. The molecule has 10 heteroatoms. The Morgan fingerprint density at radius 2 is 2.06 bits per heavy atom. The number of fused-ring (bicyclic) bond motifs is 1. The van der Waals surface area contributed by atoms with Gasteiger partial charge in [0.15, 0.2) is 11.5 Å². The van der Waals surface area contributed by atoms with Gasteiger partial charge in [-0.3, -0.25) is 9.48 Å². The average Bonchev–Trinajstić information content (AvgIpc) is 3.48. The van der Waals surface area contributed by atoms with Gasteiger partial charge in [-0.05, 0) is 41.6 Å². The molecule has 7 nitrogen and oxygen atoms in total. The maximum absolute atomic E-state index is 14.1. The summed E-state index contributed by atoms with van der Waals surface area (Å²) in [5.41, 5.74) is 2.35. The summed E-state index contributed by atoms with van der Waals surface area (Å²) < 4.78 is 30.2. The highest BCUT2D eigenvalue weighted by molar-refractivity contribution is 7.10. The monoisotopic (exact) mass is 440 g/mol. The minimum absolute atomic E-state index is 0.000289. The van der Waals surface area contributed by atoms with Gasteiger partial charge in [0.05, 0.1) is 18.4 Å². The first-order valence-electron chi connectivity index (χ1n) is 9.67. The van der Waals surface area contributed by atoms with Crippen LogP contribution in [0.3, 0.4) is 0 Å². The summed E-state index contributed by atoms with van der Waals surface area (Å²) in [4.78, 5) is 16.2. The first-order chi connectivity index (χ1) is 14.9. The summed E-state index contributed by atoms with van der Waals surface area (Å²) in [5, 5.41) is 14.1. The molecule has 1 aromatic carbocycles. The second-order valence-electron chi connectivity index (χ2n) is 7.52. The summed E-state index contributed by atoms with van der Waals surface area (Å²) in [6, 6.07) is 5.12. The molecule has 1 aliphatic heterocycles. The normalized spacial score (nSPS) is 18.3. The Bertz CT molecular complexity index is 1280. The number of thiophene rings is 1. The highest BCUT2D eigenvalue weighted by Gasteiger charge is 2.36. The van der Waals surface area contributed by atoms with Crippen molar-refractivity contribution >= 4 is 17.2 Å². The molecule has 158 valence electrons. The van der Waals surface area contributed by atoms with Crippen LogP contribution in [0.4, 0.5) is 8.78 Å². The highest BCUT2D eigenvalue weighted by Crippen LogP contribution is 2.42. The van der Waals surface area contributed by atoms with Gasteiger partial charge in [0.1, 0.15) is 11.5 Å². The average molecular weight is 440 g/mol. The second kappa shape index (κ2) is 7.38. The summed E-state index contributed by atoms with van der Waals surface area (Å²) in [6.45, 7) is 2.45. The molecule has 0 saturated carbocycles. The molecular weight excluding hydrogens is 422 g/mol. The van der Waals surface area contributed by atoms with Gasteiger partial charge in [0, 0.05) is 36.7 Å². The molecule has 0 bridgehead atoms. The zero-order valence-electron chi connectivity index (χ0n) is 16.7. The molecule has 2 atom stereocenters. The van der Waals surface area contributed by atoms with E-state index >= 15 is 0 Å². The number of aromatic nitrogens is 5. The van der Waals surface area contributed by atoms with Gasteiger partial charge >= 0.3 is 0 Å². The van der Waals surface area contributed by atoms with E-state index in [1.54, 1.807) is 20.9 Å². The maximum atomic E-state index is 14.1. The molecule has 0 N–H and O–H groups in total. The standard InChI is InChI=1S/C21H18F2N6OS/c1-12-20-15(5-6-31-20)16(13-8-24-27(2)9-13)10-28(12)21(30)18-11-29(26-25-18)19-4-3-14(22)7-17(19)23/h3-9,11-12,16H,10H2,1-2H3. The molecule has 0 spiro atoms. The molecule has 0 saturated heterocycles. The molecule has 3 aromatic heterocycles. The third kappa shape index (κ3) is 3.32. The molecule has 4 aromatic rings. The Morgan fingerprint density at radius 3 is 2.81 bits per heavy atom. The van der Waals surface area contributed by atoms with Crippen LogP contribution in [0.1, 0.15) is 45.4 Å². The minimum atomic E-state index is -0.782. The topological polar surface area (TPSA) is 68.8 Å². The van der Waals surface area contributed by atoms with Crippen molar-refractivity contribution in [3.05, 3.63) is 81.6 Å². The molecule has 4 heterocycles. The van der Waals surface area contributed by atoms with Crippen molar-refractivity contribution in [3.8, 4) is 5.69 Å². The Balaban J connectivity index is 1.47. The van der Waals surface area contributed by atoms with Crippen LogP contribution in [0.5, 0.6) is 0 Å². The zero-order chi connectivity index (χ0) is 21.7. The smallest absolute Gasteiger partial charge is 0.276 e. The lowest BCUT2D eigenvalue weighted by atomic mass is 9.87. The van der Waals surface area contributed by atoms with Gasteiger partial charge in [-0.25, -0.2) is 13.5 Å². The number of hydrogen-bond acceptors (Lipinski definition) is 5. The maximum Gasteiger partial charge on any atom is 0.276 e. The Hall–Kier alpha value is -3.40. The van der Waals surface area contributed by atoms with Crippen molar-refractivity contribution in [2.24, 2.45) is 7.05 Å². The van der Waals surface area contributed by atoms with Crippen LogP contribution in [0.2, 0.25) is 0 Å². The van der Waals surface area contributed by atoms with Crippen molar-refractivity contribution in [1.82, 2.24) is 29.7 Å². The van der Waals surface area contributed by atoms with Crippen LogP contribution in [-0.2, 0) is 7.05 Å². The molecule has 0 radical (unpaired) electrons. The number of hydrogen-bond donors (Lipinski definition) is 0. The van der Waals surface area contributed by atoms with E-state index < -0.39 is 11.6 Å². The number of benzene rings is 1. The van der Waals surface area contributed by atoms with E-state index in [0.29, 0.717) is 6.54 Å². The first-order valence-corrected chi connectivity index (χ1v) is 10.5. The largest absolute Gasteiger partial charge is 0.329 e. The van der Waals surface area contributed by atoms with Crippen LogP contribution in [0.15, 0.2) is 48.2 Å². The fourth-order valence-electron chi connectivity index (χ4n) is 4.01. The lowest BCUT2D eigenvalue weighted by molar-refractivity contribution is 0.0663. The molecular formula is C21H18F2N6OS. The highest BCUT2D eigenvalue weighted by atomic mass is 32.1. The molecule has 0 aliphatic carbocycles. The van der Waals surface area contributed by atoms with Crippen molar-refractivity contribution < 1.29 is 13.6 Å². The number of carbonyl (C=O) groups is 1. The third-order valence-electron chi connectivity index (χ3n) is 5.59. The van der Waals surface area contributed by atoms with E-state index in [9.17, 15) is 13.6 Å². The Morgan fingerprint density at radius 1 is 1.23 bits per heavy atom. The van der Waals surface area contributed by atoms with Crippen molar-refractivity contribution in [2.45, 2.75) is 18.9 Å². The fourth-order valence-corrected chi connectivity index (χ4v) is 5.04. The molecule has 31 heavy (non-hydrogen) atoms. The van der Waals surface area contributed by atoms with E-state index in [1.807, 2.05) is 31.7 Å². The second-order valence-corrected chi connectivity index (χ2v) is 8.47. The lowest BCUT2D eigenvalue weighted by Gasteiger charge is -2.37. The van der Waals surface area contributed by atoms with Crippen LogP contribution < -0.4 is 0 Å². The number of aryl methyl sites for hydroxylation is 1. The van der Waals surface area contributed by atoms with Crippen LogP contribution in [0, 0.1) is 11.6 Å². The Kier molecular flexibility index (Phi) is 4.66. The summed E-state index contributed by atoms with van der Waals surface area (Å²) in [6.07, 6.45) is 5.14. The molecule has 1 aliphatic rings. The third-order valence-corrected chi connectivity index (χ3v) is 6.69. The van der Waals surface area contributed by atoms with E-state index in [-0.39, 0.29) is 29.2 Å². The molecule has 1 amide bonds. The van der Waals surface area contributed by atoms with Crippen molar-refractivity contribution in [1.29, 1.82) is 0 Å². The Labute approximate surface area is 180 Å². The van der Waals surface area contributed by atoms with Gasteiger partial charge in [-0.2, -0.15) is 5.10 Å².